The predicted octanol–water partition coefficient (Wildman–Crippen LogP) is 2.91. The summed E-state index contributed by atoms with van der Waals surface area (Å²) in [4.78, 5) is 13.3. The molecule has 1 aliphatic heterocycles. The number of halogens is 3. The van der Waals surface area contributed by atoms with Crippen LogP contribution >= 0.6 is 0 Å². The summed E-state index contributed by atoms with van der Waals surface area (Å²) in [5, 5.41) is 9.37. The van der Waals surface area contributed by atoms with E-state index in [0.29, 0.717) is 32.5 Å². The third-order valence-corrected chi connectivity index (χ3v) is 4.59. The summed E-state index contributed by atoms with van der Waals surface area (Å²) in [5.74, 6) is -2.00. The summed E-state index contributed by atoms with van der Waals surface area (Å²) < 4.78 is 37.7. The second-order valence-corrected chi connectivity index (χ2v) is 5.88. The number of carbonyl (C=O) groups is 1. The Morgan fingerprint density at radius 3 is 2.16 bits per heavy atom. The average molecular weight is 279 g/mol. The Morgan fingerprint density at radius 1 is 1.21 bits per heavy atom. The van der Waals surface area contributed by atoms with E-state index in [0.717, 1.165) is 12.8 Å². The summed E-state index contributed by atoms with van der Waals surface area (Å²) in [6.07, 6.45) is -0.790. The van der Waals surface area contributed by atoms with Crippen molar-refractivity contribution in [2.75, 3.05) is 19.6 Å². The molecule has 1 saturated heterocycles. The summed E-state index contributed by atoms with van der Waals surface area (Å²) in [5.41, 5.74) is -0.717. The molecular weight excluding hydrogens is 259 g/mol. The normalized spacial score (nSPS) is 25.6. The van der Waals surface area contributed by atoms with E-state index >= 15 is 0 Å². The molecule has 1 saturated carbocycles. The Morgan fingerprint density at radius 2 is 1.74 bits per heavy atom. The van der Waals surface area contributed by atoms with Gasteiger partial charge < -0.3 is 10.0 Å². The van der Waals surface area contributed by atoms with Crippen molar-refractivity contribution < 1.29 is 23.1 Å². The maximum absolute atomic E-state index is 12.6. The minimum atomic E-state index is -4.11. The first-order valence-corrected chi connectivity index (χ1v) is 6.86. The molecule has 2 aliphatic rings. The molecule has 0 radical (unpaired) electrons. The molecule has 3 nitrogen and oxygen atoms in total. The highest BCUT2D eigenvalue weighted by Crippen LogP contribution is 2.41. The van der Waals surface area contributed by atoms with Crippen molar-refractivity contribution in [3.05, 3.63) is 0 Å². The molecule has 0 spiro atoms. The fraction of sp³-hybridized carbons (Fsp3) is 0.923. The van der Waals surface area contributed by atoms with Gasteiger partial charge in [0.15, 0.2) is 0 Å². The van der Waals surface area contributed by atoms with Crippen molar-refractivity contribution >= 4 is 5.97 Å². The second-order valence-electron chi connectivity index (χ2n) is 5.88. The number of aliphatic carboxylic acids is 1. The third kappa shape index (κ3) is 3.22. The van der Waals surface area contributed by atoms with Crippen molar-refractivity contribution in [2.45, 2.75) is 44.7 Å². The average Bonchev–Trinajstić information content (AvgIpc) is 2.78. The van der Waals surface area contributed by atoms with Gasteiger partial charge in [0, 0.05) is 6.54 Å². The Kier molecular flexibility index (Phi) is 4.08. The van der Waals surface area contributed by atoms with Crippen LogP contribution in [0.3, 0.4) is 0 Å². The molecule has 0 aromatic heterocycles. The molecule has 2 fully saturated rings. The standard InChI is InChI=1S/C13H20F3NO2/c14-13(15,16)10-3-7-17(8-4-10)9-12(11(18)19)5-1-2-6-12/h10H,1-9H2,(H,18,19). The third-order valence-electron chi connectivity index (χ3n) is 4.59. The zero-order valence-electron chi connectivity index (χ0n) is 10.9. The molecule has 0 bridgehead atoms. The number of hydrogen-bond acceptors (Lipinski definition) is 2. The number of likely N-dealkylation sites (tertiary alicyclic amines) is 1. The van der Waals surface area contributed by atoms with E-state index in [-0.39, 0.29) is 12.8 Å². The summed E-state index contributed by atoms with van der Waals surface area (Å²) in [6.45, 7) is 1.13. The fourth-order valence-corrected chi connectivity index (χ4v) is 3.34. The van der Waals surface area contributed by atoms with Crippen molar-refractivity contribution in [1.29, 1.82) is 0 Å². The molecule has 2 rings (SSSR count). The van der Waals surface area contributed by atoms with Crippen LogP contribution in [0.4, 0.5) is 13.2 Å². The van der Waals surface area contributed by atoms with Gasteiger partial charge in [-0.1, -0.05) is 12.8 Å². The molecule has 0 amide bonds. The van der Waals surface area contributed by atoms with Crippen LogP contribution in [-0.2, 0) is 4.79 Å². The number of carboxylic acids is 1. The fourth-order valence-electron chi connectivity index (χ4n) is 3.34. The number of carboxylic acid groups (broad SMARTS) is 1. The van der Waals surface area contributed by atoms with Gasteiger partial charge in [0.2, 0.25) is 0 Å². The summed E-state index contributed by atoms with van der Waals surface area (Å²) in [7, 11) is 0. The molecule has 1 aliphatic carbocycles. The molecule has 1 heterocycles. The van der Waals surface area contributed by atoms with Crippen LogP contribution in [-0.4, -0.2) is 41.8 Å². The number of nitrogens with zero attached hydrogens (tertiary/aromatic N) is 1. The quantitative estimate of drug-likeness (QED) is 0.863. The van der Waals surface area contributed by atoms with Crippen molar-refractivity contribution in [3.63, 3.8) is 0 Å². The van der Waals surface area contributed by atoms with Gasteiger partial charge in [-0.2, -0.15) is 13.2 Å². The molecule has 0 atom stereocenters. The van der Waals surface area contributed by atoms with E-state index in [4.69, 9.17) is 0 Å². The van der Waals surface area contributed by atoms with Gasteiger partial charge in [-0.15, -0.1) is 0 Å². The van der Waals surface area contributed by atoms with E-state index in [1.54, 1.807) is 0 Å². The van der Waals surface area contributed by atoms with Gasteiger partial charge in [0.05, 0.1) is 11.3 Å². The molecule has 1 N–H and O–H groups in total. The molecule has 0 unspecified atom stereocenters. The lowest BCUT2D eigenvalue weighted by atomic mass is 9.84. The van der Waals surface area contributed by atoms with Crippen LogP contribution < -0.4 is 0 Å². The van der Waals surface area contributed by atoms with Crippen LogP contribution in [0.25, 0.3) is 0 Å². The van der Waals surface area contributed by atoms with E-state index in [9.17, 15) is 23.1 Å². The van der Waals surface area contributed by atoms with Gasteiger partial charge in [0.1, 0.15) is 0 Å². The molecule has 6 heteroatoms. The Balaban J connectivity index is 1.90. The van der Waals surface area contributed by atoms with Crippen LogP contribution in [0, 0.1) is 11.3 Å². The lowest BCUT2D eigenvalue weighted by Crippen LogP contribution is -2.46. The first-order valence-electron chi connectivity index (χ1n) is 6.86. The minimum absolute atomic E-state index is 0.0964. The van der Waals surface area contributed by atoms with Crippen molar-refractivity contribution in [3.8, 4) is 0 Å². The van der Waals surface area contributed by atoms with Gasteiger partial charge in [0.25, 0.3) is 0 Å². The van der Waals surface area contributed by atoms with Crippen LogP contribution in [0.5, 0.6) is 0 Å². The smallest absolute Gasteiger partial charge is 0.391 e. The van der Waals surface area contributed by atoms with Gasteiger partial charge in [-0.25, -0.2) is 0 Å². The summed E-state index contributed by atoms with van der Waals surface area (Å²) >= 11 is 0. The largest absolute Gasteiger partial charge is 0.481 e. The lowest BCUT2D eigenvalue weighted by Gasteiger charge is -2.37. The van der Waals surface area contributed by atoms with E-state index in [1.807, 2.05) is 4.90 Å². The van der Waals surface area contributed by atoms with Gasteiger partial charge in [-0.3, -0.25) is 4.79 Å². The SMILES string of the molecule is O=C(O)C1(CN2CCC(C(F)(F)F)CC2)CCCC1. The second kappa shape index (κ2) is 5.31. The first kappa shape index (κ1) is 14.6. The van der Waals surface area contributed by atoms with Gasteiger partial charge >= 0.3 is 12.1 Å². The highest BCUT2D eigenvalue weighted by Gasteiger charge is 2.45. The number of alkyl halides is 3. The molecule has 19 heavy (non-hydrogen) atoms. The lowest BCUT2D eigenvalue weighted by molar-refractivity contribution is -0.186. The van der Waals surface area contributed by atoms with Gasteiger partial charge in [-0.05, 0) is 38.8 Å². The molecule has 0 aromatic carbocycles. The van der Waals surface area contributed by atoms with Crippen LogP contribution in [0.15, 0.2) is 0 Å². The summed E-state index contributed by atoms with van der Waals surface area (Å²) in [6, 6.07) is 0. The molecular formula is C13H20F3NO2. The predicted molar refractivity (Wildman–Crippen MR) is 63.8 cm³/mol. The van der Waals surface area contributed by atoms with Crippen LogP contribution in [0.1, 0.15) is 38.5 Å². The highest BCUT2D eigenvalue weighted by molar-refractivity contribution is 5.75. The molecule has 0 aromatic rings. The number of rotatable bonds is 3. The topological polar surface area (TPSA) is 40.5 Å². The van der Waals surface area contributed by atoms with Crippen LogP contribution in [0.2, 0.25) is 0 Å². The maximum atomic E-state index is 12.6. The first-order chi connectivity index (χ1) is 8.83. The zero-order valence-corrected chi connectivity index (χ0v) is 10.9. The number of hydrogen-bond donors (Lipinski definition) is 1. The van der Waals surface area contributed by atoms with E-state index < -0.39 is 23.5 Å². The Labute approximate surface area is 110 Å². The van der Waals surface area contributed by atoms with E-state index in [2.05, 4.69) is 0 Å². The Bertz CT molecular complexity index is 329. The Hall–Kier alpha value is -0.780. The highest BCUT2D eigenvalue weighted by atomic mass is 19.4. The monoisotopic (exact) mass is 279 g/mol. The minimum Gasteiger partial charge on any atom is -0.481 e. The van der Waals surface area contributed by atoms with Crippen molar-refractivity contribution in [1.82, 2.24) is 4.90 Å². The van der Waals surface area contributed by atoms with Crippen molar-refractivity contribution in [2.24, 2.45) is 11.3 Å². The molecule has 110 valence electrons. The number of piperidine rings is 1. The maximum Gasteiger partial charge on any atom is 0.391 e. The zero-order chi connectivity index (χ0) is 14.1. The van der Waals surface area contributed by atoms with E-state index in [1.165, 1.54) is 0 Å².